The van der Waals surface area contributed by atoms with Crippen LogP contribution in [0.3, 0.4) is 0 Å². The molecule has 0 aliphatic rings. The molecule has 2 rings (SSSR count). The fourth-order valence-corrected chi connectivity index (χ4v) is 2.14. The van der Waals surface area contributed by atoms with Gasteiger partial charge in [0.05, 0.1) is 11.8 Å². The Morgan fingerprint density at radius 2 is 2.00 bits per heavy atom. The van der Waals surface area contributed by atoms with Crippen molar-refractivity contribution in [3.05, 3.63) is 41.7 Å². The predicted octanol–water partition coefficient (Wildman–Crippen LogP) is 2.79. The summed E-state index contributed by atoms with van der Waals surface area (Å²) < 4.78 is 12.2. The third kappa shape index (κ3) is 5.07. The summed E-state index contributed by atoms with van der Waals surface area (Å²) in [7, 11) is 0. The molecule has 1 aromatic heterocycles. The summed E-state index contributed by atoms with van der Waals surface area (Å²) in [5.41, 5.74) is 1.33. The highest BCUT2D eigenvalue weighted by atomic mass is 16.5. The van der Waals surface area contributed by atoms with Gasteiger partial charge in [0.15, 0.2) is 12.3 Å². The predicted molar refractivity (Wildman–Crippen MR) is 93.8 cm³/mol. The van der Waals surface area contributed by atoms with E-state index in [2.05, 4.69) is 10.4 Å². The van der Waals surface area contributed by atoms with Crippen LogP contribution in [-0.2, 0) is 16.1 Å². The number of anilines is 1. The van der Waals surface area contributed by atoms with Crippen molar-refractivity contribution in [3.8, 4) is 5.75 Å². The molecule has 0 radical (unpaired) electrons. The van der Waals surface area contributed by atoms with E-state index in [1.165, 1.54) is 0 Å². The largest absolute Gasteiger partial charge is 0.483 e. The molecular formula is C18H23N3O4. The maximum absolute atomic E-state index is 12.2. The molecule has 0 aliphatic carbocycles. The molecule has 0 unspecified atom stereocenters. The zero-order chi connectivity index (χ0) is 18.4. The maximum Gasteiger partial charge on any atom is 0.361 e. The van der Waals surface area contributed by atoms with E-state index in [1.54, 1.807) is 30.8 Å². The molecule has 1 N–H and O–H groups in total. The van der Waals surface area contributed by atoms with Crippen LogP contribution in [0.4, 0.5) is 5.69 Å². The topological polar surface area (TPSA) is 82.5 Å². The number of aromatic nitrogens is 2. The fourth-order valence-electron chi connectivity index (χ4n) is 2.14. The van der Waals surface area contributed by atoms with Crippen molar-refractivity contribution in [3.63, 3.8) is 0 Å². The fraction of sp³-hybridized carbons (Fsp3) is 0.389. The second-order valence-corrected chi connectivity index (χ2v) is 5.80. The van der Waals surface area contributed by atoms with Gasteiger partial charge in [0.1, 0.15) is 5.75 Å². The lowest BCUT2D eigenvalue weighted by Crippen LogP contribution is -2.22. The number of carbonyl (C=O) groups is 2. The SMILES string of the molecule is CCn1cc(NC(=O)COc2ccccc2C)c(C(=O)OC(C)C)n1. The molecule has 0 atom stereocenters. The molecule has 7 heteroatoms. The van der Waals surface area contributed by atoms with E-state index in [-0.39, 0.29) is 24.3 Å². The normalized spacial score (nSPS) is 10.6. The Morgan fingerprint density at radius 3 is 2.64 bits per heavy atom. The third-order valence-corrected chi connectivity index (χ3v) is 3.35. The van der Waals surface area contributed by atoms with Gasteiger partial charge in [0.25, 0.3) is 5.91 Å². The Kier molecular flexibility index (Phi) is 6.16. The lowest BCUT2D eigenvalue weighted by atomic mass is 10.2. The van der Waals surface area contributed by atoms with E-state index in [4.69, 9.17) is 9.47 Å². The van der Waals surface area contributed by atoms with E-state index in [9.17, 15) is 9.59 Å². The molecule has 0 bridgehead atoms. The minimum atomic E-state index is -0.572. The van der Waals surface area contributed by atoms with Crippen LogP contribution >= 0.6 is 0 Å². The average Bonchev–Trinajstić information content (AvgIpc) is 2.96. The van der Waals surface area contributed by atoms with Gasteiger partial charge in [-0.1, -0.05) is 18.2 Å². The molecule has 0 aliphatic heterocycles. The minimum Gasteiger partial charge on any atom is -0.483 e. The highest BCUT2D eigenvalue weighted by Crippen LogP contribution is 2.18. The smallest absolute Gasteiger partial charge is 0.361 e. The van der Waals surface area contributed by atoms with Crippen molar-refractivity contribution in [2.24, 2.45) is 0 Å². The van der Waals surface area contributed by atoms with Crippen LogP contribution < -0.4 is 10.1 Å². The van der Waals surface area contributed by atoms with Crippen LogP contribution in [0.15, 0.2) is 30.5 Å². The molecular weight excluding hydrogens is 322 g/mol. The van der Waals surface area contributed by atoms with Gasteiger partial charge in [0, 0.05) is 12.7 Å². The number of aryl methyl sites for hydroxylation is 2. The molecule has 134 valence electrons. The maximum atomic E-state index is 12.2. The first-order valence-corrected chi connectivity index (χ1v) is 8.17. The summed E-state index contributed by atoms with van der Waals surface area (Å²) in [6, 6.07) is 7.43. The summed E-state index contributed by atoms with van der Waals surface area (Å²) in [5, 5.41) is 6.81. The molecule has 1 heterocycles. The monoisotopic (exact) mass is 345 g/mol. The zero-order valence-corrected chi connectivity index (χ0v) is 14.9. The van der Waals surface area contributed by atoms with Crippen molar-refractivity contribution in [2.45, 2.75) is 40.3 Å². The summed E-state index contributed by atoms with van der Waals surface area (Å²) in [6.45, 7) is 7.69. The molecule has 0 spiro atoms. The van der Waals surface area contributed by atoms with E-state index in [1.807, 2.05) is 32.0 Å². The Hall–Kier alpha value is -2.83. The van der Waals surface area contributed by atoms with Crippen molar-refractivity contribution in [1.29, 1.82) is 0 Å². The second-order valence-electron chi connectivity index (χ2n) is 5.80. The molecule has 25 heavy (non-hydrogen) atoms. The highest BCUT2D eigenvalue weighted by molar-refractivity contribution is 6.00. The number of benzene rings is 1. The Bertz CT molecular complexity index is 753. The van der Waals surface area contributed by atoms with Crippen LogP contribution in [0.5, 0.6) is 5.75 Å². The number of hydrogen-bond acceptors (Lipinski definition) is 5. The molecule has 2 aromatic rings. The van der Waals surface area contributed by atoms with Crippen molar-refractivity contribution >= 4 is 17.6 Å². The summed E-state index contributed by atoms with van der Waals surface area (Å²) in [4.78, 5) is 24.3. The lowest BCUT2D eigenvalue weighted by molar-refractivity contribution is -0.118. The minimum absolute atomic E-state index is 0.0831. The van der Waals surface area contributed by atoms with Gasteiger partial charge in [0.2, 0.25) is 0 Å². The number of nitrogens with one attached hydrogen (secondary N) is 1. The van der Waals surface area contributed by atoms with E-state index >= 15 is 0 Å². The number of hydrogen-bond donors (Lipinski definition) is 1. The number of nitrogens with zero attached hydrogens (tertiary/aromatic N) is 2. The molecule has 0 saturated carbocycles. The molecule has 0 fully saturated rings. The molecule has 1 aromatic carbocycles. The van der Waals surface area contributed by atoms with E-state index in [0.29, 0.717) is 18.0 Å². The molecule has 1 amide bonds. The van der Waals surface area contributed by atoms with Gasteiger partial charge >= 0.3 is 5.97 Å². The Labute approximate surface area is 146 Å². The lowest BCUT2D eigenvalue weighted by Gasteiger charge is -2.10. The number of amides is 1. The standard InChI is InChI=1S/C18H23N3O4/c1-5-21-10-14(17(20-21)18(23)25-12(2)3)19-16(22)11-24-15-9-7-6-8-13(15)4/h6-10,12H,5,11H2,1-4H3,(H,19,22). The van der Waals surface area contributed by atoms with Gasteiger partial charge in [-0.2, -0.15) is 5.10 Å². The first-order valence-electron chi connectivity index (χ1n) is 8.17. The number of ether oxygens (including phenoxy) is 2. The highest BCUT2D eigenvalue weighted by Gasteiger charge is 2.21. The van der Waals surface area contributed by atoms with Crippen LogP contribution in [-0.4, -0.2) is 34.4 Å². The quantitative estimate of drug-likeness (QED) is 0.780. The van der Waals surface area contributed by atoms with Gasteiger partial charge in [-0.3, -0.25) is 9.48 Å². The van der Waals surface area contributed by atoms with Gasteiger partial charge in [-0.05, 0) is 39.3 Å². The van der Waals surface area contributed by atoms with Crippen LogP contribution in [0.2, 0.25) is 0 Å². The van der Waals surface area contributed by atoms with E-state index < -0.39 is 5.97 Å². The summed E-state index contributed by atoms with van der Waals surface area (Å²) >= 11 is 0. The summed E-state index contributed by atoms with van der Waals surface area (Å²) in [5.74, 6) is -0.309. The van der Waals surface area contributed by atoms with Crippen LogP contribution in [0.25, 0.3) is 0 Å². The Morgan fingerprint density at radius 1 is 1.28 bits per heavy atom. The third-order valence-electron chi connectivity index (χ3n) is 3.35. The average molecular weight is 345 g/mol. The number of carbonyl (C=O) groups excluding carboxylic acids is 2. The number of para-hydroxylation sites is 1. The number of esters is 1. The van der Waals surface area contributed by atoms with Crippen LogP contribution in [0, 0.1) is 6.92 Å². The van der Waals surface area contributed by atoms with E-state index in [0.717, 1.165) is 5.56 Å². The van der Waals surface area contributed by atoms with Crippen LogP contribution in [0.1, 0.15) is 36.8 Å². The van der Waals surface area contributed by atoms with Gasteiger partial charge < -0.3 is 14.8 Å². The first kappa shape index (κ1) is 18.5. The Balaban J connectivity index is 2.05. The summed E-state index contributed by atoms with van der Waals surface area (Å²) in [6.07, 6.45) is 1.33. The zero-order valence-electron chi connectivity index (χ0n) is 14.9. The first-order chi connectivity index (χ1) is 11.9. The second kappa shape index (κ2) is 8.32. The molecule has 7 nitrogen and oxygen atoms in total. The van der Waals surface area contributed by atoms with Crippen molar-refractivity contribution in [1.82, 2.24) is 9.78 Å². The van der Waals surface area contributed by atoms with Gasteiger partial charge in [-0.25, -0.2) is 4.79 Å². The van der Waals surface area contributed by atoms with Gasteiger partial charge in [-0.15, -0.1) is 0 Å². The van der Waals surface area contributed by atoms with Crippen molar-refractivity contribution < 1.29 is 19.1 Å². The van der Waals surface area contributed by atoms with Crippen molar-refractivity contribution in [2.75, 3.05) is 11.9 Å². The molecule has 0 saturated heterocycles. The number of rotatable bonds is 7.